The molecule has 0 saturated carbocycles. The van der Waals surface area contributed by atoms with Crippen LogP contribution in [-0.2, 0) is 14.4 Å². The van der Waals surface area contributed by atoms with Gasteiger partial charge in [0.25, 0.3) is 0 Å². The SMILES string of the molecule is [N-]=[N+]=NCC(=O)CC(CC(=O)[O-])C(=O)[O-]. The Morgan fingerprint density at radius 2 is 1.87 bits per heavy atom. The summed E-state index contributed by atoms with van der Waals surface area (Å²) in [6.45, 7) is -0.507. The number of carbonyl (C=O) groups excluding carboxylic acids is 3. The van der Waals surface area contributed by atoms with E-state index in [4.69, 9.17) is 5.53 Å². The molecule has 8 nitrogen and oxygen atoms in total. The lowest BCUT2D eigenvalue weighted by Gasteiger charge is -2.16. The Kier molecular flexibility index (Phi) is 5.50. The minimum absolute atomic E-state index is 0.507. The van der Waals surface area contributed by atoms with Crippen molar-refractivity contribution < 1.29 is 24.6 Å². The van der Waals surface area contributed by atoms with E-state index in [0.29, 0.717) is 0 Å². The van der Waals surface area contributed by atoms with Gasteiger partial charge >= 0.3 is 0 Å². The van der Waals surface area contributed by atoms with Crippen LogP contribution < -0.4 is 10.2 Å². The van der Waals surface area contributed by atoms with E-state index in [2.05, 4.69) is 10.0 Å². The standard InChI is InChI=1S/C7H9N3O5/c8-10-9-3-5(11)1-4(7(14)15)2-6(12)13/h4H,1-3H2,(H,12,13)(H,14,15)/p-2. The van der Waals surface area contributed by atoms with Crippen LogP contribution in [0.5, 0.6) is 0 Å². The lowest BCUT2D eigenvalue weighted by molar-refractivity contribution is -0.320. The largest absolute Gasteiger partial charge is 0.550 e. The molecule has 0 aliphatic rings. The van der Waals surface area contributed by atoms with Gasteiger partial charge in [-0.1, -0.05) is 5.11 Å². The molecule has 82 valence electrons. The molecular weight excluding hydrogens is 206 g/mol. The number of ketones is 1. The monoisotopic (exact) mass is 213 g/mol. The third-order valence-corrected chi connectivity index (χ3v) is 1.53. The predicted molar refractivity (Wildman–Crippen MR) is 41.8 cm³/mol. The number of azide groups is 1. The number of carboxylic acids is 2. The van der Waals surface area contributed by atoms with Gasteiger partial charge in [0.1, 0.15) is 5.78 Å². The quantitative estimate of drug-likeness (QED) is 0.266. The first-order valence-corrected chi connectivity index (χ1v) is 3.90. The number of carbonyl (C=O) groups is 3. The van der Waals surface area contributed by atoms with Gasteiger partial charge in [0.05, 0.1) is 6.54 Å². The molecule has 0 radical (unpaired) electrons. The fourth-order valence-electron chi connectivity index (χ4n) is 0.890. The number of hydrogen-bond donors (Lipinski definition) is 0. The van der Waals surface area contributed by atoms with Crippen molar-refractivity contribution in [1.82, 2.24) is 0 Å². The van der Waals surface area contributed by atoms with Crippen LogP contribution >= 0.6 is 0 Å². The molecule has 15 heavy (non-hydrogen) atoms. The number of rotatable bonds is 7. The summed E-state index contributed by atoms with van der Waals surface area (Å²) in [5.41, 5.74) is 7.88. The highest BCUT2D eigenvalue weighted by Crippen LogP contribution is 2.07. The van der Waals surface area contributed by atoms with Crippen molar-refractivity contribution in [1.29, 1.82) is 0 Å². The Bertz CT molecular complexity index is 321. The van der Waals surface area contributed by atoms with Crippen LogP contribution in [0.15, 0.2) is 5.11 Å². The second-order valence-electron chi connectivity index (χ2n) is 2.72. The van der Waals surface area contributed by atoms with Gasteiger partial charge in [0, 0.05) is 29.2 Å². The Morgan fingerprint density at radius 3 is 2.27 bits per heavy atom. The minimum atomic E-state index is -1.64. The van der Waals surface area contributed by atoms with Gasteiger partial charge in [0.2, 0.25) is 0 Å². The fourth-order valence-corrected chi connectivity index (χ4v) is 0.890. The van der Waals surface area contributed by atoms with Crippen molar-refractivity contribution in [3.63, 3.8) is 0 Å². The van der Waals surface area contributed by atoms with Crippen LogP contribution in [0.1, 0.15) is 12.8 Å². The zero-order valence-electron chi connectivity index (χ0n) is 7.58. The molecule has 0 amide bonds. The lowest BCUT2D eigenvalue weighted by atomic mass is 9.99. The second kappa shape index (κ2) is 6.39. The van der Waals surface area contributed by atoms with Crippen molar-refractivity contribution >= 4 is 17.7 Å². The van der Waals surface area contributed by atoms with Gasteiger partial charge in [-0.25, -0.2) is 0 Å². The summed E-state index contributed by atoms with van der Waals surface area (Å²) in [5, 5.41) is 23.4. The lowest BCUT2D eigenvalue weighted by Crippen LogP contribution is -2.37. The molecule has 0 rings (SSSR count). The van der Waals surface area contributed by atoms with Crippen LogP contribution in [0.3, 0.4) is 0 Å². The number of aliphatic carboxylic acids is 2. The Balaban J connectivity index is 4.28. The molecule has 8 heteroatoms. The summed E-state index contributed by atoms with van der Waals surface area (Å²) in [6, 6.07) is 0. The van der Waals surface area contributed by atoms with Crippen LogP contribution in [0.25, 0.3) is 10.4 Å². The first-order chi connectivity index (χ1) is 6.97. The van der Waals surface area contributed by atoms with Gasteiger partial charge in [-0.05, 0) is 12.0 Å². The molecular formula is C7H7N3O5-2. The maximum Gasteiger partial charge on any atom is 0.139 e. The van der Waals surface area contributed by atoms with E-state index in [0.717, 1.165) is 0 Å². The molecule has 1 unspecified atom stereocenters. The predicted octanol–water partition coefficient (Wildman–Crippen LogP) is -2.24. The molecule has 0 aromatic heterocycles. The van der Waals surface area contributed by atoms with E-state index in [1.807, 2.05) is 0 Å². The molecule has 0 aliphatic carbocycles. The smallest absolute Gasteiger partial charge is 0.139 e. The van der Waals surface area contributed by atoms with Crippen LogP contribution in [0.4, 0.5) is 0 Å². The van der Waals surface area contributed by atoms with E-state index in [9.17, 15) is 24.6 Å². The van der Waals surface area contributed by atoms with Crippen molar-refractivity contribution in [3.05, 3.63) is 10.4 Å². The van der Waals surface area contributed by atoms with Crippen LogP contribution in [0.2, 0.25) is 0 Å². The average molecular weight is 213 g/mol. The molecule has 0 fully saturated rings. The summed E-state index contributed by atoms with van der Waals surface area (Å²) < 4.78 is 0. The van der Waals surface area contributed by atoms with Crippen LogP contribution in [-0.4, -0.2) is 24.3 Å². The van der Waals surface area contributed by atoms with Crippen molar-refractivity contribution in [2.45, 2.75) is 12.8 Å². The Labute approximate surface area is 84.1 Å². The summed E-state index contributed by atoms with van der Waals surface area (Å²) in [4.78, 5) is 33.7. The molecule has 0 N–H and O–H groups in total. The molecule has 0 aromatic carbocycles. The number of nitrogens with zero attached hydrogens (tertiary/aromatic N) is 3. The topological polar surface area (TPSA) is 146 Å². The molecule has 0 bridgehead atoms. The molecule has 0 aliphatic heterocycles. The van der Waals surface area contributed by atoms with Gasteiger partial charge in [-0.3, -0.25) is 4.79 Å². The second-order valence-corrected chi connectivity index (χ2v) is 2.72. The number of Topliss-reactive ketones (excluding diaryl/α,β-unsaturated/α-hetero) is 1. The summed E-state index contributed by atoms with van der Waals surface area (Å²) in [7, 11) is 0. The van der Waals surface area contributed by atoms with E-state index in [1.54, 1.807) is 0 Å². The zero-order chi connectivity index (χ0) is 11.8. The summed E-state index contributed by atoms with van der Waals surface area (Å²) >= 11 is 0. The van der Waals surface area contributed by atoms with Gasteiger partial charge in [0.15, 0.2) is 0 Å². The number of hydrogen-bond acceptors (Lipinski definition) is 6. The molecule has 1 atom stereocenters. The Morgan fingerprint density at radius 1 is 1.27 bits per heavy atom. The number of carboxylic acid groups (broad SMARTS) is 2. The van der Waals surface area contributed by atoms with Crippen molar-refractivity contribution in [2.75, 3.05) is 6.54 Å². The van der Waals surface area contributed by atoms with E-state index < -0.39 is 43.0 Å². The Hall–Kier alpha value is -2.08. The van der Waals surface area contributed by atoms with Gasteiger partial charge < -0.3 is 19.8 Å². The molecule has 0 spiro atoms. The normalized spacial score (nSPS) is 11.2. The third kappa shape index (κ3) is 6.05. The van der Waals surface area contributed by atoms with E-state index in [1.165, 1.54) is 0 Å². The maximum atomic E-state index is 10.9. The molecule has 0 heterocycles. The zero-order valence-corrected chi connectivity index (χ0v) is 7.58. The van der Waals surface area contributed by atoms with E-state index >= 15 is 0 Å². The van der Waals surface area contributed by atoms with Gasteiger partial charge in [-0.2, -0.15) is 0 Å². The summed E-state index contributed by atoms with van der Waals surface area (Å²) in [5.74, 6) is -5.34. The van der Waals surface area contributed by atoms with E-state index in [-0.39, 0.29) is 0 Å². The molecule has 0 aromatic rings. The third-order valence-electron chi connectivity index (χ3n) is 1.53. The van der Waals surface area contributed by atoms with Crippen LogP contribution in [0, 0.1) is 5.92 Å². The minimum Gasteiger partial charge on any atom is -0.550 e. The highest BCUT2D eigenvalue weighted by atomic mass is 16.4. The highest BCUT2D eigenvalue weighted by molar-refractivity contribution is 5.86. The average Bonchev–Trinajstić information content (AvgIpc) is 2.12. The highest BCUT2D eigenvalue weighted by Gasteiger charge is 2.14. The fraction of sp³-hybridized carbons (Fsp3) is 0.571. The molecule has 0 saturated heterocycles. The summed E-state index contributed by atoms with van der Waals surface area (Å²) in [6.07, 6.45) is -1.35. The van der Waals surface area contributed by atoms with Crippen molar-refractivity contribution in [3.8, 4) is 0 Å². The van der Waals surface area contributed by atoms with Crippen molar-refractivity contribution in [2.24, 2.45) is 11.0 Å². The maximum absolute atomic E-state index is 10.9. The van der Waals surface area contributed by atoms with Gasteiger partial charge in [-0.15, -0.1) is 0 Å². The first kappa shape index (κ1) is 12.9. The first-order valence-electron chi connectivity index (χ1n) is 3.90.